The Kier molecular flexibility index (Phi) is 12.1. The molecule has 1 saturated heterocycles. The fourth-order valence-corrected chi connectivity index (χ4v) is 5.45. The average Bonchev–Trinajstić information content (AvgIpc) is 3.55. The maximum atomic E-state index is 12.5. The fourth-order valence-electron chi connectivity index (χ4n) is 5.45. The summed E-state index contributed by atoms with van der Waals surface area (Å²) in [6.07, 6.45) is 8.81. The number of ether oxygens (including phenoxy) is 3. The van der Waals surface area contributed by atoms with Crippen molar-refractivity contribution >= 4 is 20.0 Å². The Balaban J connectivity index is 1.76. The van der Waals surface area contributed by atoms with Gasteiger partial charge in [0.2, 0.25) is 5.91 Å². The number of amides is 2. The van der Waals surface area contributed by atoms with E-state index in [4.69, 9.17) is 22.2 Å². The zero-order chi connectivity index (χ0) is 25.9. The molecule has 1 spiro atoms. The second kappa shape index (κ2) is 14.2. The van der Waals surface area contributed by atoms with Crippen LogP contribution in [0.25, 0.3) is 0 Å². The molecule has 2 rings (SSSR count). The molecule has 0 aromatic heterocycles. The first-order chi connectivity index (χ1) is 16.6. The number of rotatable bonds is 15. The van der Waals surface area contributed by atoms with Crippen molar-refractivity contribution in [2.45, 2.75) is 96.9 Å². The van der Waals surface area contributed by atoms with Crippen molar-refractivity contribution in [2.75, 3.05) is 33.4 Å². The summed E-state index contributed by atoms with van der Waals surface area (Å²) < 4.78 is 17.9. The van der Waals surface area contributed by atoms with Gasteiger partial charge in [-0.1, -0.05) is 38.3 Å². The van der Waals surface area contributed by atoms with Crippen molar-refractivity contribution in [3.05, 3.63) is 11.6 Å². The minimum Gasteiger partial charge on any atom is -0.443 e. The topological polar surface area (TPSA) is 101 Å². The molecule has 3 unspecified atom stereocenters. The lowest BCUT2D eigenvalue weighted by Gasteiger charge is -2.48. The van der Waals surface area contributed by atoms with E-state index >= 15 is 0 Å². The van der Waals surface area contributed by atoms with Gasteiger partial charge in [0.05, 0.1) is 18.8 Å². The van der Waals surface area contributed by atoms with E-state index in [1.165, 1.54) is 5.57 Å². The Hall–Kier alpha value is -1.58. The molecular formula is C26H46BN3O5. The molecule has 198 valence electrons. The van der Waals surface area contributed by atoms with E-state index in [2.05, 4.69) is 49.6 Å². The van der Waals surface area contributed by atoms with Gasteiger partial charge in [-0.2, -0.15) is 0 Å². The van der Waals surface area contributed by atoms with Gasteiger partial charge in [0, 0.05) is 26.1 Å². The van der Waals surface area contributed by atoms with Crippen LogP contribution in [0.5, 0.6) is 0 Å². The minimum absolute atomic E-state index is 0.0120. The molecule has 0 bridgehead atoms. The highest BCUT2D eigenvalue weighted by atomic mass is 16.6. The van der Waals surface area contributed by atoms with E-state index in [0.717, 1.165) is 58.0 Å². The van der Waals surface area contributed by atoms with Gasteiger partial charge in [0.1, 0.15) is 12.2 Å². The molecule has 2 radical (unpaired) electrons. The second-order valence-electron chi connectivity index (χ2n) is 10.9. The molecule has 35 heavy (non-hydrogen) atoms. The highest BCUT2D eigenvalue weighted by Crippen LogP contribution is 2.55. The first-order valence-electron chi connectivity index (χ1n) is 13.1. The monoisotopic (exact) mass is 491 g/mol. The van der Waals surface area contributed by atoms with E-state index in [-0.39, 0.29) is 47.7 Å². The third kappa shape index (κ3) is 9.43. The Morgan fingerprint density at radius 3 is 2.37 bits per heavy atom. The molecule has 3 N–H and O–H groups in total. The van der Waals surface area contributed by atoms with Crippen molar-refractivity contribution < 1.29 is 23.8 Å². The number of epoxide rings is 1. The quantitative estimate of drug-likeness (QED) is 0.141. The number of carbonyl (C=O) groups is 2. The van der Waals surface area contributed by atoms with E-state index in [9.17, 15) is 9.59 Å². The summed E-state index contributed by atoms with van der Waals surface area (Å²) in [5.74, 6) is 0.0601. The summed E-state index contributed by atoms with van der Waals surface area (Å²) in [5.41, 5.74) is 1.17. The van der Waals surface area contributed by atoms with Gasteiger partial charge >= 0.3 is 6.09 Å². The molecule has 1 aliphatic carbocycles. The van der Waals surface area contributed by atoms with Crippen LogP contribution in [0.4, 0.5) is 4.79 Å². The van der Waals surface area contributed by atoms with Crippen LogP contribution in [0.1, 0.15) is 79.1 Å². The van der Waals surface area contributed by atoms with Gasteiger partial charge < -0.3 is 30.1 Å². The van der Waals surface area contributed by atoms with Crippen molar-refractivity contribution in [2.24, 2.45) is 11.3 Å². The van der Waals surface area contributed by atoms with E-state index < -0.39 is 0 Å². The standard InChI is InChI=1S/C26H46BN3O5/c1-19(2)11-10-13-25(3,4)23-22(33-5)20(12-14-26(23)18-34-26)35-24(32)29-16-9-7-6-8-15-28-21(31)17-30-27/h11,20,22-23,30H,6-10,12-18H2,1-5H3,(H,28,31)(H,29,32)/t20?,22?,23?,26-/m0/s1. The lowest BCUT2D eigenvalue weighted by atomic mass is 9.61. The molecule has 4 atom stereocenters. The molecule has 0 aromatic rings. The van der Waals surface area contributed by atoms with Gasteiger partial charge in [-0.3, -0.25) is 4.79 Å². The van der Waals surface area contributed by atoms with Crippen LogP contribution >= 0.6 is 0 Å². The number of methoxy groups -OCH3 is 1. The number of unbranched alkanes of at least 4 members (excludes halogenated alkanes) is 3. The van der Waals surface area contributed by atoms with Crippen LogP contribution in [-0.4, -0.2) is 71.1 Å². The number of hydrogen-bond acceptors (Lipinski definition) is 6. The number of carbonyl (C=O) groups excluding carboxylic acids is 2. The van der Waals surface area contributed by atoms with Crippen molar-refractivity contribution in [1.82, 2.24) is 15.9 Å². The largest absolute Gasteiger partial charge is 0.443 e. The molecule has 1 heterocycles. The molecular weight excluding hydrogens is 445 g/mol. The normalized spacial score (nSPS) is 25.7. The SMILES string of the molecule is [B]NCC(=O)NCCCCCCNC(=O)OC1CC[C@]2(CO2)C(C(C)(C)CCC=C(C)C)C1OC. The summed E-state index contributed by atoms with van der Waals surface area (Å²) in [5, 5.41) is 8.01. The van der Waals surface area contributed by atoms with Crippen LogP contribution in [-0.2, 0) is 19.0 Å². The summed E-state index contributed by atoms with van der Waals surface area (Å²) in [4.78, 5) is 23.8. The minimum atomic E-state index is -0.382. The van der Waals surface area contributed by atoms with E-state index in [0.29, 0.717) is 13.1 Å². The van der Waals surface area contributed by atoms with Gasteiger partial charge in [-0.15, -0.1) is 0 Å². The van der Waals surface area contributed by atoms with Crippen LogP contribution in [0, 0.1) is 11.3 Å². The first-order valence-corrected chi connectivity index (χ1v) is 13.1. The number of allylic oxidation sites excluding steroid dienone is 2. The highest BCUT2D eigenvalue weighted by Gasteiger charge is 2.63. The number of alkyl carbamates (subject to hydrolysis) is 1. The van der Waals surface area contributed by atoms with Crippen molar-refractivity contribution in [1.29, 1.82) is 0 Å². The Bertz CT molecular complexity index is 707. The first kappa shape index (κ1) is 29.7. The van der Waals surface area contributed by atoms with E-state index in [1.54, 1.807) is 7.11 Å². The molecule has 0 aromatic carbocycles. The second-order valence-corrected chi connectivity index (χ2v) is 10.9. The molecule has 1 saturated carbocycles. The Labute approximate surface area is 213 Å². The molecule has 9 heteroatoms. The maximum absolute atomic E-state index is 12.5. The third-order valence-corrected chi connectivity index (χ3v) is 7.30. The summed E-state index contributed by atoms with van der Waals surface area (Å²) in [6, 6.07) is 0. The molecule has 2 aliphatic rings. The number of hydrogen-bond donors (Lipinski definition) is 3. The smallest absolute Gasteiger partial charge is 0.407 e. The van der Waals surface area contributed by atoms with Gasteiger partial charge in [-0.25, -0.2) is 4.79 Å². The van der Waals surface area contributed by atoms with Gasteiger partial charge in [-0.05, 0) is 57.8 Å². The van der Waals surface area contributed by atoms with Crippen molar-refractivity contribution in [3.8, 4) is 0 Å². The Morgan fingerprint density at radius 1 is 1.14 bits per heavy atom. The summed E-state index contributed by atoms with van der Waals surface area (Å²) >= 11 is 0. The average molecular weight is 491 g/mol. The third-order valence-electron chi connectivity index (χ3n) is 7.30. The highest BCUT2D eigenvalue weighted by molar-refractivity contribution is 6.06. The lowest BCUT2D eigenvalue weighted by molar-refractivity contribution is -0.133. The van der Waals surface area contributed by atoms with Crippen LogP contribution in [0.3, 0.4) is 0 Å². The predicted molar refractivity (Wildman–Crippen MR) is 138 cm³/mol. The molecule has 8 nitrogen and oxygen atoms in total. The molecule has 2 amide bonds. The Morgan fingerprint density at radius 2 is 1.80 bits per heavy atom. The van der Waals surface area contributed by atoms with Crippen LogP contribution in [0.2, 0.25) is 0 Å². The van der Waals surface area contributed by atoms with Crippen LogP contribution < -0.4 is 15.9 Å². The summed E-state index contributed by atoms with van der Waals surface area (Å²) in [7, 11) is 6.83. The van der Waals surface area contributed by atoms with Crippen LogP contribution in [0.15, 0.2) is 11.6 Å². The number of nitrogens with one attached hydrogen (secondary N) is 3. The van der Waals surface area contributed by atoms with Gasteiger partial charge in [0.15, 0.2) is 7.98 Å². The molecule has 2 fully saturated rings. The van der Waals surface area contributed by atoms with Gasteiger partial charge in [0.25, 0.3) is 0 Å². The lowest BCUT2D eigenvalue weighted by Crippen LogP contribution is -2.55. The fraction of sp³-hybridized carbons (Fsp3) is 0.846. The zero-order valence-electron chi connectivity index (χ0n) is 22.4. The molecule has 1 aliphatic heterocycles. The zero-order valence-corrected chi connectivity index (χ0v) is 22.4. The van der Waals surface area contributed by atoms with E-state index in [1.807, 2.05) is 0 Å². The predicted octanol–water partition coefficient (Wildman–Crippen LogP) is 3.40. The maximum Gasteiger partial charge on any atom is 0.407 e. The summed E-state index contributed by atoms with van der Waals surface area (Å²) in [6.45, 7) is 10.9. The van der Waals surface area contributed by atoms with Crippen molar-refractivity contribution in [3.63, 3.8) is 0 Å².